The summed E-state index contributed by atoms with van der Waals surface area (Å²) in [5.41, 5.74) is 0. The predicted molar refractivity (Wildman–Crippen MR) is 68.5 cm³/mol. The number of carbonyl (C=O) groups excluding carboxylic acids is 1. The van der Waals surface area contributed by atoms with Crippen molar-refractivity contribution in [2.24, 2.45) is 0 Å². The molecule has 6 nitrogen and oxygen atoms in total. The van der Waals surface area contributed by atoms with E-state index in [4.69, 9.17) is 5.11 Å². The normalized spacial score (nSPS) is 17.4. The lowest BCUT2D eigenvalue weighted by molar-refractivity contribution is -0.137. The average molecular weight is 257 g/mol. The Bertz CT molecular complexity index is 278. The maximum Gasteiger partial charge on any atom is 0.315 e. The Kier molecular flexibility index (Phi) is 6.49. The second-order valence-electron chi connectivity index (χ2n) is 4.65. The van der Waals surface area contributed by atoms with Crippen molar-refractivity contribution in [1.29, 1.82) is 0 Å². The molecule has 0 spiro atoms. The number of carbonyl (C=O) groups is 2. The number of hydrogen-bond donors (Lipinski definition) is 3. The molecule has 1 unspecified atom stereocenters. The molecule has 0 radical (unpaired) electrons. The van der Waals surface area contributed by atoms with Crippen molar-refractivity contribution in [1.82, 2.24) is 15.5 Å². The van der Waals surface area contributed by atoms with E-state index in [1.165, 1.54) is 12.8 Å². The van der Waals surface area contributed by atoms with E-state index in [0.29, 0.717) is 13.0 Å². The number of rotatable bonds is 7. The van der Waals surface area contributed by atoms with Crippen LogP contribution < -0.4 is 10.6 Å². The lowest BCUT2D eigenvalue weighted by atomic mass is 10.1. The number of likely N-dealkylation sites (tertiary alicyclic amines) is 1. The van der Waals surface area contributed by atoms with Gasteiger partial charge in [0.2, 0.25) is 0 Å². The number of aliphatic carboxylic acids is 1. The maximum atomic E-state index is 11.5. The molecule has 1 saturated heterocycles. The minimum absolute atomic E-state index is 0.0317. The molecule has 0 aromatic heterocycles. The summed E-state index contributed by atoms with van der Waals surface area (Å²) < 4.78 is 0. The van der Waals surface area contributed by atoms with Gasteiger partial charge in [0, 0.05) is 19.1 Å². The van der Waals surface area contributed by atoms with Gasteiger partial charge < -0.3 is 20.6 Å². The van der Waals surface area contributed by atoms with Crippen molar-refractivity contribution in [3.05, 3.63) is 0 Å². The maximum absolute atomic E-state index is 11.5. The zero-order chi connectivity index (χ0) is 13.4. The second-order valence-corrected chi connectivity index (χ2v) is 4.65. The third-order valence-electron chi connectivity index (χ3n) is 3.16. The molecule has 1 rings (SSSR count). The van der Waals surface area contributed by atoms with Gasteiger partial charge in [0.05, 0.1) is 6.42 Å². The molecule has 2 amide bonds. The highest BCUT2D eigenvalue weighted by atomic mass is 16.4. The Labute approximate surface area is 108 Å². The zero-order valence-electron chi connectivity index (χ0n) is 10.9. The SMILES string of the molecule is CCC(CC(=O)O)NC(=O)NCCN1CCCC1. The van der Waals surface area contributed by atoms with Crippen LogP contribution in [0.25, 0.3) is 0 Å². The van der Waals surface area contributed by atoms with E-state index in [9.17, 15) is 9.59 Å². The highest BCUT2D eigenvalue weighted by Crippen LogP contribution is 2.05. The third kappa shape index (κ3) is 5.86. The molecule has 0 saturated carbocycles. The second kappa shape index (κ2) is 7.92. The average Bonchev–Trinajstić information content (AvgIpc) is 2.80. The summed E-state index contributed by atoms with van der Waals surface area (Å²) in [6, 6.07) is -0.573. The summed E-state index contributed by atoms with van der Waals surface area (Å²) >= 11 is 0. The standard InChI is InChI=1S/C12H23N3O3/c1-2-10(9-11(16)17)14-12(18)13-5-8-15-6-3-4-7-15/h10H,2-9H2,1H3,(H,16,17)(H2,13,14,18). The Hall–Kier alpha value is -1.30. The van der Waals surface area contributed by atoms with Crippen LogP contribution in [0.2, 0.25) is 0 Å². The van der Waals surface area contributed by atoms with Crippen LogP contribution in [-0.4, -0.2) is 54.2 Å². The van der Waals surface area contributed by atoms with Crippen LogP contribution in [0.5, 0.6) is 0 Å². The molecule has 0 aliphatic carbocycles. The van der Waals surface area contributed by atoms with E-state index in [-0.39, 0.29) is 18.5 Å². The first-order valence-electron chi connectivity index (χ1n) is 6.60. The molecule has 104 valence electrons. The van der Waals surface area contributed by atoms with Crippen molar-refractivity contribution >= 4 is 12.0 Å². The van der Waals surface area contributed by atoms with Crippen molar-refractivity contribution < 1.29 is 14.7 Å². The van der Waals surface area contributed by atoms with Crippen LogP contribution >= 0.6 is 0 Å². The molecule has 1 fully saturated rings. The first-order chi connectivity index (χ1) is 8.61. The Morgan fingerprint density at radius 1 is 1.33 bits per heavy atom. The van der Waals surface area contributed by atoms with E-state index in [0.717, 1.165) is 19.6 Å². The monoisotopic (exact) mass is 257 g/mol. The fraction of sp³-hybridized carbons (Fsp3) is 0.833. The molecule has 1 heterocycles. The van der Waals surface area contributed by atoms with Crippen molar-refractivity contribution in [2.45, 2.75) is 38.6 Å². The Morgan fingerprint density at radius 2 is 2.00 bits per heavy atom. The first kappa shape index (κ1) is 14.8. The van der Waals surface area contributed by atoms with Gasteiger partial charge in [0.1, 0.15) is 0 Å². The summed E-state index contributed by atoms with van der Waals surface area (Å²) in [5.74, 6) is -0.890. The quantitative estimate of drug-likeness (QED) is 0.625. The number of urea groups is 1. The molecule has 0 aromatic carbocycles. The van der Waals surface area contributed by atoms with Crippen LogP contribution in [0, 0.1) is 0 Å². The molecule has 3 N–H and O–H groups in total. The molecular formula is C12H23N3O3. The van der Waals surface area contributed by atoms with Gasteiger partial charge in [-0.05, 0) is 32.4 Å². The molecule has 1 aliphatic heterocycles. The van der Waals surface area contributed by atoms with Crippen molar-refractivity contribution in [3.8, 4) is 0 Å². The molecule has 1 atom stereocenters. The highest BCUT2D eigenvalue weighted by molar-refractivity contribution is 5.75. The molecule has 6 heteroatoms. The zero-order valence-corrected chi connectivity index (χ0v) is 10.9. The fourth-order valence-electron chi connectivity index (χ4n) is 2.08. The molecule has 0 aromatic rings. The van der Waals surface area contributed by atoms with Gasteiger partial charge in [-0.3, -0.25) is 4.79 Å². The van der Waals surface area contributed by atoms with Crippen LogP contribution in [-0.2, 0) is 4.79 Å². The molecule has 1 aliphatic rings. The van der Waals surface area contributed by atoms with Crippen LogP contribution in [0.1, 0.15) is 32.6 Å². The smallest absolute Gasteiger partial charge is 0.315 e. The minimum Gasteiger partial charge on any atom is -0.481 e. The lowest BCUT2D eigenvalue weighted by Gasteiger charge is -2.17. The Morgan fingerprint density at radius 3 is 2.56 bits per heavy atom. The van der Waals surface area contributed by atoms with Gasteiger partial charge in [-0.15, -0.1) is 0 Å². The number of carboxylic acid groups (broad SMARTS) is 1. The minimum atomic E-state index is -0.890. The third-order valence-corrected chi connectivity index (χ3v) is 3.16. The Balaban J connectivity index is 2.13. The topological polar surface area (TPSA) is 81.7 Å². The summed E-state index contributed by atoms with van der Waals surface area (Å²) in [4.78, 5) is 24.4. The largest absolute Gasteiger partial charge is 0.481 e. The molecular weight excluding hydrogens is 234 g/mol. The number of amides is 2. The van der Waals surface area contributed by atoms with Gasteiger partial charge in [0.25, 0.3) is 0 Å². The van der Waals surface area contributed by atoms with Gasteiger partial charge >= 0.3 is 12.0 Å². The van der Waals surface area contributed by atoms with Crippen molar-refractivity contribution in [2.75, 3.05) is 26.2 Å². The van der Waals surface area contributed by atoms with E-state index < -0.39 is 5.97 Å². The van der Waals surface area contributed by atoms with E-state index in [2.05, 4.69) is 15.5 Å². The van der Waals surface area contributed by atoms with E-state index >= 15 is 0 Å². The number of nitrogens with one attached hydrogen (secondary N) is 2. The number of nitrogens with zero attached hydrogens (tertiary/aromatic N) is 1. The van der Waals surface area contributed by atoms with Gasteiger partial charge in [0.15, 0.2) is 0 Å². The predicted octanol–water partition coefficient (Wildman–Crippen LogP) is 0.635. The van der Waals surface area contributed by atoms with E-state index in [1.54, 1.807) is 0 Å². The van der Waals surface area contributed by atoms with Crippen LogP contribution in [0.4, 0.5) is 4.79 Å². The highest BCUT2D eigenvalue weighted by Gasteiger charge is 2.14. The van der Waals surface area contributed by atoms with Gasteiger partial charge in [-0.2, -0.15) is 0 Å². The van der Waals surface area contributed by atoms with E-state index in [1.807, 2.05) is 6.92 Å². The lowest BCUT2D eigenvalue weighted by Crippen LogP contribution is -2.44. The summed E-state index contributed by atoms with van der Waals surface area (Å²) in [5, 5.41) is 14.1. The summed E-state index contributed by atoms with van der Waals surface area (Å²) in [6.45, 7) is 5.55. The first-order valence-corrected chi connectivity index (χ1v) is 6.60. The van der Waals surface area contributed by atoms with Crippen LogP contribution in [0.15, 0.2) is 0 Å². The number of hydrogen-bond acceptors (Lipinski definition) is 3. The van der Waals surface area contributed by atoms with Crippen LogP contribution in [0.3, 0.4) is 0 Å². The summed E-state index contributed by atoms with van der Waals surface area (Å²) in [7, 11) is 0. The molecule has 0 bridgehead atoms. The summed E-state index contributed by atoms with van der Waals surface area (Å²) in [6.07, 6.45) is 3.06. The number of carboxylic acids is 1. The van der Waals surface area contributed by atoms with Gasteiger partial charge in [-0.25, -0.2) is 4.79 Å². The van der Waals surface area contributed by atoms with Gasteiger partial charge in [-0.1, -0.05) is 6.92 Å². The molecule has 18 heavy (non-hydrogen) atoms. The fourth-order valence-corrected chi connectivity index (χ4v) is 2.08. The van der Waals surface area contributed by atoms with Crippen molar-refractivity contribution in [3.63, 3.8) is 0 Å².